The predicted octanol–water partition coefficient (Wildman–Crippen LogP) is 1.29. The van der Waals surface area contributed by atoms with Crippen LogP contribution in [0.25, 0.3) is 15.7 Å². The van der Waals surface area contributed by atoms with Gasteiger partial charge in [-0.05, 0) is 19.8 Å². The number of nitrogens with zero attached hydrogens (tertiary/aromatic N) is 6. The van der Waals surface area contributed by atoms with Crippen LogP contribution in [0.3, 0.4) is 0 Å². The molecule has 0 radical (unpaired) electrons. The molecule has 0 atom stereocenters. The molecule has 3 aromatic heterocycles. The highest BCUT2D eigenvalue weighted by Gasteiger charge is 2.29. The third kappa shape index (κ3) is 2.72. The van der Waals surface area contributed by atoms with Crippen LogP contribution in [0.4, 0.5) is 0 Å². The van der Waals surface area contributed by atoms with E-state index in [1.165, 1.54) is 21.9 Å². The van der Waals surface area contributed by atoms with Gasteiger partial charge in [0, 0.05) is 25.1 Å². The maximum Gasteiger partial charge on any atom is 0.235 e. The molecular weight excluding hydrogens is 352 g/mol. The van der Waals surface area contributed by atoms with Crippen molar-refractivity contribution < 1.29 is 12.9 Å². The number of sulfonamides is 1. The van der Waals surface area contributed by atoms with Crippen molar-refractivity contribution in [1.82, 2.24) is 29.3 Å². The summed E-state index contributed by atoms with van der Waals surface area (Å²) in [5.41, 5.74) is 0.681. The normalized spacial score (nSPS) is 17.8. The molecule has 0 bridgehead atoms. The number of hydrogen-bond acceptors (Lipinski definition) is 8. The van der Waals surface area contributed by atoms with Crippen molar-refractivity contribution in [1.29, 1.82) is 0 Å². The SMILES string of the molecule is Cc1cc(-c2nn3c(C4CCN(S(C)(=O)=O)CC4)nnc3s2)no1. The molecule has 0 aromatic carbocycles. The standard InChI is InChI=1S/C13H16N6O3S2/c1-8-7-10(17-22-8)12-16-19-11(14-15-13(19)23-12)9-3-5-18(6-4-9)24(2,20)21/h7,9H,3-6H2,1-2H3. The topological polar surface area (TPSA) is 106 Å². The number of piperidine rings is 1. The van der Waals surface area contributed by atoms with Crippen LogP contribution in [0.5, 0.6) is 0 Å². The van der Waals surface area contributed by atoms with E-state index in [0.717, 1.165) is 16.6 Å². The Morgan fingerprint density at radius 3 is 2.67 bits per heavy atom. The zero-order valence-electron chi connectivity index (χ0n) is 13.2. The van der Waals surface area contributed by atoms with E-state index >= 15 is 0 Å². The van der Waals surface area contributed by atoms with E-state index in [0.29, 0.717) is 36.6 Å². The smallest absolute Gasteiger partial charge is 0.235 e. The Morgan fingerprint density at radius 1 is 1.29 bits per heavy atom. The first kappa shape index (κ1) is 15.7. The summed E-state index contributed by atoms with van der Waals surface area (Å²) in [6.07, 6.45) is 2.67. The van der Waals surface area contributed by atoms with Crippen LogP contribution >= 0.6 is 11.3 Å². The summed E-state index contributed by atoms with van der Waals surface area (Å²) in [5.74, 6) is 1.65. The lowest BCUT2D eigenvalue weighted by Crippen LogP contribution is -2.37. The average molecular weight is 368 g/mol. The van der Waals surface area contributed by atoms with Gasteiger partial charge in [0.15, 0.2) is 10.8 Å². The molecule has 0 saturated carbocycles. The molecule has 0 amide bonds. The second-order valence-electron chi connectivity index (χ2n) is 5.92. The molecule has 11 heteroatoms. The van der Waals surface area contributed by atoms with Gasteiger partial charge in [0.25, 0.3) is 0 Å². The molecular formula is C13H16N6O3S2. The van der Waals surface area contributed by atoms with E-state index in [1.54, 1.807) is 4.52 Å². The van der Waals surface area contributed by atoms with Gasteiger partial charge in [0.2, 0.25) is 15.0 Å². The number of fused-ring (bicyclic) bond motifs is 1. The van der Waals surface area contributed by atoms with Crippen LogP contribution in [-0.2, 0) is 10.0 Å². The molecule has 4 heterocycles. The highest BCUT2D eigenvalue weighted by atomic mass is 32.2. The quantitative estimate of drug-likeness (QED) is 0.685. The maximum absolute atomic E-state index is 11.6. The Bertz CT molecular complexity index is 981. The van der Waals surface area contributed by atoms with Gasteiger partial charge in [0.05, 0.1) is 6.26 Å². The maximum atomic E-state index is 11.6. The Labute approximate surface area is 142 Å². The van der Waals surface area contributed by atoms with E-state index in [2.05, 4.69) is 20.5 Å². The summed E-state index contributed by atoms with van der Waals surface area (Å²) < 4.78 is 31.6. The molecule has 1 aliphatic heterocycles. The summed E-state index contributed by atoms with van der Waals surface area (Å²) >= 11 is 1.40. The van der Waals surface area contributed by atoms with Crippen molar-refractivity contribution in [2.24, 2.45) is 0 Å². The van der Waals surface area contributed by atoms with Crippen molar-refractivity contribution in [2.45, 2.75) is 25.7 Å². The molecule has 1 fully saturated rings. The number of aryl methyl sites for hydroxylation is 1. The highest BCUT2D eigenvalue weighted by Crippen LogP contribution is 2.31. The molecule has 9 nitrogen and oxygen atoms in total. The number of aromatic nitrogens is 5. The summed E-state index contributed by atoms with van der Waals surface area (Å²) in [4.78, 5) is 0.700. The minimum Gasteiger partial charge on any atom is -0.361 e. The van der Waals surface area contributed by atoms with E-state index in [4.69, 9.17) is 4.52 Å². The van der Waals surface area contributed by atoms with Gasteiger partial charge in [-0.3, -0.25) is 0 Å². The van der Waals surface area contributed by atoms with Gasteiger partial charge >= 0.3 is 0 Å². The van der Waals surface area contributed by atoms with Gasteiger partial charge in [-0.25, -0.2) is 12.7 Å². The lowest BCUT2D eigenvalue weighted by atomic mass is 9.97. The molecule has 1 saturated heterocycles. The fourth-order valence-electron chi connectivity index (χ4n) is 2.90. The van der Waals surface area contributed by atoms with Gasteiger partial charge in [-0.2, -0.15) is 9.61 Å². The van der Waals surface area contributed by atoms with Gasteiger partial charge in [0.1, 0.15) is 11.5 Å². The van der Waals surface area contributed by atoms with Crippen LogP contribution < -0.4 is 0 Å². The van der Waals surface area contributed by atoms with Crippen LogP contribution in [0.15, 0.2) is 10.6 Å². The summed E-state index contributed by atoms with van der Waals surface area (Å²) in [6, 6.07) is 1.83. The molecule has 0 unspecified atom stereocenters. The molecule has 24 heavy (non-hydrogen) atoms. The lowest BCUT2D eigenvalue weighted by Gasteiger charge is -2.28. The minimum absolute atomic E-state index is 0.145. The first-order chi connectivity index (χ1) is 11.4. The average Bonchev–Trinajstić information content (AvgIpc) is 3.21. The molecule has 128 valence electrons. The van der Waals surface area contributed by atoms with E-state index in [9.17, 15) is 8.42 Å². The molecule has 0 aliphatic carbocycles. The monoisotopic (exact) mass is 368 g/mol. The largest absolute Gasteiger partial charge is 0.361 e. The fraction of sp³-hybridized carbons (Fsp3) is 0.538. The molecule has 0 N–H and O–H groups in total. The third-order valence-corrected chi connectivity index (χ3v) is 6.37. The van der Waals surface area contributed by atoms with Crippen molar-refractivity contribution in [3.63, 3.8) is 0 Å². The second-order valence-corrected chi connectivity index (χ2v) is 8.86. The summed E-state index contributed by atoms with van der Waals surface area (Å²) in [7, 11) is -3.13. The van der Waals surface area contributed by atoms with Crippen LogP contribution in [0, 0.1) is 6.92 Å². The summed E-state index contributed by atoms with van der Waals surface area (Å²) in [6.45, 7) is 2.83. The summed E-state index contributed by atoms with van der Waals surface area (Å²) in [5, 5.41) is 17.7. The molecule has 1 aliphatic rings. The van der Waals surface area contributed by atoms with Crippen LogP contribution in [-0.4, -0.2) is 57.0 Å². The van der Waals surface area contributed by atoms with E-state index in [1.807, 2.05) is 13.0 Å². The first-order valence-corrected chi connectivity index (χ1v) is 10.2. The van der Waals surface area contributed by atoms with Crippen LogP contribution in [0.2, 0.25) is 0 Å². The zero-order chi connectivity index (χ0) is 16.9. The van der Waals surface area contributed by atoms with Crippen LogP contribution in [0.1, 0.15) is 30.3 Å². The molecule has 0 spiro atoms. The fourth-order valence-corrected chi connectivity index (χ4v) is 4.58. The van der Waals surface area contributed by atoms with Crippen molar-refractivity contribution in [3.8, 4) is 10.7 Å². The lowest BCUT2D eigenvalue weighted by molar-refractivity contribution is 0.313. The Kier molecular flexibility index (Phi) is 3.66. The minimum atomic E-state index is -3.13. The van der Waals surface area contributed by atoms with E-state index in [-0.39, 0.29) is 5.92 Å². The van der Waals surface area contributed by atoms with Crippen molar-refractivity contribution >= 4 is 26.3 Å². The molecule has 4 rings (SSSR count). The van der Waals surface area contributed by atoms with Crippen molar-refractivity contribution in [2.75, 3.05) is 19.3 Å². The highest BCUT2D eigenvalue weighted by molar-refractivity contribution is 7.88. The van der Waals surface area contributed by atoms with Gasteiger partial charge in [-0.15, -0.1) is 10.2 Å². The number of rotatable bonds is 3. The van der Waals surface area contributed by atoms with Crippen molar-refractivity contribution in [3.05, 3.63) is 17.7 Å². The third-order valence-electron chi connectivity index (χ3n) is 4.15. The second kappa shape index (κ2) is 5.60. The zero-order valence-corrected chi connectivity index (χ0v) is 14.8. The van der Waals surface area contributed by atoms with Gasteiger partial charge < -0.3 is 4.52 Å². The number of hydrogen-bond donors (Lipinski definition) is 0. The van der Waals surface area contributed by atoms with E-state index < -0.39 is 10.0 Å². The Morgan fingerprint density at radius 2 is 2.04 bits per heavy atom. The Hall–Kier alpha value is -1.85. The van der Waals surface area contributed by atoms with Gasteiger partial charge in [-0.1, -0.05) is 16.5 Å². The Balaban J connectivity index is 1.60. The predicted molar refractivity (Wildman–Crippen MR) is 87.3 cm³/mol. The molecule has 3 aromatic rings. The first-order valence-electron chi connectivity index (χ1n) is 7.53.